The zero-order valence-electron chi connectivity index (χ0n) is 10.8. The van der Waals surface area contributed by atoms with Crippen molar-refractivity contribution in [2.45, 2.75) is 6.42 Å². The Morgan fingerprint density at radius 2 is 1.67 bits per heavy atom. The average Bonchev–Trinajstić information content (AvgIpc) is 2.45. The largest absolute Gasteiger partial charge is 0.319 e. The molecule has 92 valence electrons. The fourth-order valence-electron chi connectivity index (χ4n) is 1.96. The first-order valence-electron chi connectivity index (χ1n) is 6.37. The Morgan fingerprint density at radius 1 is 0.944 bits per heavy atom. The van der Waals surface area contributed by atoms with Gasteiger partial charge >= 0.3 is 0 Å². The minimum atomic E-state index is 1.02. The van der Waals surface area contributed by atoms with E-state index in [1.807, 2.05) is 7.05 Å². The molecule has 0 aliphatic rings. The van der Waals surface area contributed by atoms with E-state index in [2.05, 4.69) is 72.1 Å². The third-order valence-electron chi connectivity index (χ3n) is 2.90. The van der Waals surface area contributed by atoms with Crippen molar-refractivity contribution < 1.29 is 0 Å². The normalized spacial score (nSPS) is 10.9. The summed E-state index contributed by atoms with van der Waals surface area (Å²) in [6.45, 7) is 1.02. The van der Waals surface area contributed by atoms with Gasteiger partial charge in [-0.05, 0) is 36.7 Å². The molecule has 2 aromatic rings. The standard InChI is InChI=1S/C17H19N/c1-18-14-8-7-12-16-11-5-6-13-17(16)15-9-3-2-4-10-15/h2-7,9-13,18H,8,14H2,1H3. The first-order chi connectivity index (χ1) is 8.92. The van der Waals surface area contributed by atoms with Crippen molar-refractivity contribution in [2.24, 2.45) is 0 Å². The second kappa shape index (κ2) is 6.77. The molecule has 0 amide bonds. The molecule has 2 rings (SSSR count). The third kappa shape index (κ3) is 3.31. The van der Waals surface area contributed by atoms with E-state index in [4.69, 9.17) is 0 Å². The third-order valence-corrected chi connectivity index (χ3v) is 2.90. The van der Waals surface area contributed by atoms with Crippen LogP contribution in [-0.4, -0.2) is 13.6 Å². The van der Waals surface area contributed by atoms with Gasteiger partial charge in [0.15, 0.2) is 0 Å². The van der Waals surface area contributed by atoms with Crippen molar-refractivity contribution in [2.75, 3.05) is 13.6 Å². The molecule has 1 nitrogen and oxygen atoms in total. The van der Waals surface area contributed by atoms with Crippen LogP contribution in [-0.2, 0) is 0 Å². The highest BCUT2D eigenvalue weighted by atomic mass is 14.8. The van der Waals surface area contributed by atoms with Gasteiger partial charge in [0.1, 0.15) is 0 Å². The lowest BCUT2D eigenvalue weighted by atomic mass is 9.99. The van der Waals surface area contributed by atoms with E-state index in [1.54, 1.807) is 0 Å². The SMILES string of the molecule is CNCCC=Cc1ccccc1-c1ccccc1. The van der Waals surface area contributed by atoms with Crippen LogP contribution in [0.5, 0.6) is 0 Å². The topological polar surface area (TPSA) is 12.0 Å². The summed E-state index contributed by atoms with van der Waals surface area (Å²) in [5.41, 5.74) is 3.84. The first-order valence-corrected chi connectivity index (χ1v) is 6.37. The van der Waals surface area contributed by atoms with E-state index < -0.39 is 0 Å². The van der Waals surface area contributed by atoms with Crippen LogP contribution in [0.15, 0.2) is 60.7 Å². The van der Waals surface area contributed by atoms with Gasteiger partial charge in [0.25, 0.3) is 0 Å². The van der Waals surface area contributed by atoms with Gasteiger partial charge < -0.3 is 5.32 Å². The Labute approximate surface area is 109 Å². The summed E-state index contributed by atoms with van der Waals surface area (Å²) >= 11 is 0. The highest BCUT2D eigenvalue weighted by Gasteiger charge is 2.00. The Bertz CT molecular complexity index is 500. The Morgan fingerprint density at radius 3 is 2.44 bits per heavy atom. The number of hydrogen-bond acceptors (Lipinski definition) is 1. The average molecular weight is 237 g/mol. The molecule has 1 N–H and O–H groups in total. The summed E-state index contributed by atoms with van der Waals surface area (Å²) in [7, 11) is 1.98. The van der Waals surface area contributed by atoms with Crippen LogP contribution in [0.3, 0.4) is 0 Å². The Balaban J connectivity index is 2.24. The maximum Gasteiger partial charge on any atom is -0.00172 e. The minimum Gasteiger partial charge on any atom is -0.319 e. The highest BCUT2D eigenvalue weighted by molar-refractivity contribution is 5.75. The van der Waals surface area contributed by atoms with Gasteiger partial charge in [0.05, 0.1) is 0 Å². The highest BCUT2D eigenvalue weighted by Crippen LogP contribution is 2.24. The smallest absolute Gasteiger partial charge is 0.00172 e. The van der Waals surface area contributed by atoms with Crippen LogP contribution in [0.4, 0.5) is 0 Å². The molecule has 0 heterocycles. The molecule has 0 atom stereocenters. The molecular weight excluding hydrogens is 218 g/mol. The van der Waals surface area contributed by atoms with Crippen LogP contribution in [0.2, 0.25) is 0 Å². The van der Waals surface area contributed by atoms with Crippen LogP contribution in [0.25, 0.3) is 17.2 Å². The van der Waals surface area contributed by atoms with Crippen molar-refractivity contribution in [3.63, 3.8) is 0 Å². The molecule has 0 fully saturated rings. The number of benzene rings is 2. The quantitative estimate of drug-likeness (QED) is 0.776. The molecule has 0 spiro atoms. The summed E-state index contributed by atoms with van der Waals surface area (Å²) in [5.74, 6) is 0. The molecule has 0 aromatic heterocycles. The van der Waals surface area contributed by atoms with Crippen LogP contribution >= 0.6 is 0 Å². The number of hydrogen-bond donors (Lipinski definition) is 1. The van der Waals surface area contributed by atoms with Crippen molar-refractivity contribution >= 4 is 6.08 Å². The van der Waals surface area contributed by atoms with E-state index in [0.29, 0.717) is 0 Å². The molecule has 0 radical (unpaired) electrons. The van der Waals surface area contributed by atoms with E-state index in [-0.39, 0.29) is 0 Å². The van der Waals surface area contributed by atoms with Crippen LogP contribution in [0, 0.1) is 0 Å². The predicted octanol–water partition coefficient (Wildman–Crippen LogP) is 3.98. The monoisotopic (exact) mass is 237 g/mol. The summed E-state index contributed by atoms with van der Waals surface area (Å²) < 4.78 is 0. The van der Waals surface area contributed by atoms with Crippen LogP contribution in [0.1, 0.15) is 12.0 Å². The lowest BCUT2D eigenvalue weighted by Crippen LogP contribution is -2.05. The van der Waals surface area contributed by atoms with Gasteiger partial charge in [0.2, 0.25) is 0 Å². The first kappa shape index (κ1) is 12.6. The molecule has 18 heavy (non-hydrogen) atoms. The maximum absolute atomic E-state index is 3.15. The van der Waals surface area contributed by atoms with Gasteiger partial charge in [-0.25, -0.2) is 0 Å². The van der Waals surface area contributed by atoms with Crippen molar-refractivity contribution in [3.8, 4) is 11.1 Å². The lowest BCUT2D eigenvalue weighted by molar-refractivity contribution is 0.809. The maximum atomic E-state index is 3.15. The van der Waals surface area contributed by atoms with Gasteiger partial charge in [-0.3, -0.25) is 0 Å². The van der Waals surface area contributed by atoms with Gasteiger partial charge in [0, 0.05) is 0 Å². The van der Waals surface area contributed by atoms with Gasteiger partial charge in [-0.2, -0.15) is 0 Å². The van der Waals surface area contributed by atoms with E-state index in [0.717, 1.165) is 13.0 Å². The predicted molar refractivity (Wildman–Crippen MR) is 79.5 cm³/mol. The fourth-order valence-corrected chi connectivity index (χ4v) is 1.96. The Hall–Kier alpha value is -1.86. The second-order valence-electron chi connectivity index (χ2n) is 4.25. The molecule has 0 saturated heterocycles. The number of rotatable bonds is 5. The molecule has 0 saturated carbocycles. The molecule has 2 aromatic carbocycles. The summed E-state index contributed by atoms with van der Waals surface area (Å²) in [5, 5.41) is 3.15. The number of nitrogens with one attached hydrogen (secondary N) is 1. The van der Waals surface area contributed by atoms with E-state index in [1.165, 1.54) is 16.7 Å². The zero-order chi connectivity index (χ0) is 12.6. The Kier molecular flexibility index (Phi) is 4.74. The van der Waals surface area contributed by atoms with E-state index >= 15 is 0 Å². The van der Waals surface area contributed by atoms with Gasteiger partial charge in [-0.1, -0.05) is 66.7 Å². The molecule has 0 unspecified atom stereocenters. The minimum absolute atomic E-state index is 1.02. The molecular formula is C17H19N. The van der Waals surface area contributed by atoms with E-state index in [9.17, 15) is 0 Å². The lowest BCUT2D eigenvalue weighted by Gasteiger charge is -2.06. The molecule has 0 aliphatic heterocycles. The van der Waals surface area contributed by atoms with Crippen LogP contribution < -0.4 is 5.32 Å². The second-order valence-corrected chi connectivity index (χ2v) is 4.25. The van der Waals surface area contributed by atoms with Crippen molar-refractivity contribution in [1.29, 1.82) is 0 Å². The summed E-state index contributed by atoms with van der Waals surface area (Å²) in [6.07, 6.45) is 5.48. The van der Waals surface area contributed by atoms with Gasteiger partial charge in [-0.15, -0.1) is 0 Å². The summed E-state index contributed by atoms with van der Waals surface area (Å²) in [6, 6.07) is 19.0. The molecule has 0 aliphatic carbocycles. The fraction of sp³-hybridized carbons (Fsp3) is 0.176. The van der Waals surface area contributed by atoms with Crippen molar-refractivity contribution in [1.82, 2.24) is 5.32 Å². The molecule has 1 heteroatoms. The van der Waals surface area contributed by atoms with Crippen molar-refractivity contribution in [3.05, 3.63) is 66.2 Å². The summed E-state index contributed by atoms with van der Waals surface area (Å²) in [4.78, 5) is 0. The zero-order valence-corrected chi connectivity index (χ0v) is 10.8. The molecule has 0 bridgehead atoms.